The number of benzene rings is 1. The Balaban J connectivity index is 2.18. The van der Waals surface area contributed by atoms with Gasteiger partial charge in [-0.2, -0.15) is 0 Å². The van der Waals surface area contributed by atoms with Gasteiger partial charge in [0.15, 0.2) is 0 Å². The highest BCUT2D eigenvalue weighted by Crippen LogP contribution is 2.31. The second-order valence-corrected chi connectivity index (χ2v) is 4.20. The summed E-state index contributed by atoms with van der Waals surface area (Å²) >= 11 is 0. The third kappa shape index (κ3) is 2.02. The fourth-order valence-corrected chi connectivity index (χ4v) is 2.34. The number of amides is 1. The molecule has 0 spiro atoms. The Hall–Kier alpha value is -1.55. The molecule has 1 saturated heterocycles. The summed E-state index contributed by atoms with van der Waals surface area (Å²) in [6.07, 6.45) is -0.850. The molecular weight excluding hydrogens is 204 g/mol. The first kappa shape index (κ1) is 11.0. The predicted molar refractivity (Wildman–Crippen MR) is 61.3 cm³/mol. The van der Waals surface area contributed by atoms with E-state index in [-0.39, 0.29) is 11.8 Å². The van der Waals surface area contributed by atoms with Gasteiger partial charge in [0.1, 0.15) is 0 Å². The molecule has 1 amide bonds. The summed E-state index contributed by atoms with van der Waals surface area (Å²) in [5.74, 6) is 0.473. The van der Waals surface area contributed by atoms with Crippen LogP contribution in [0.3, 0.4) is 0 Å². The standard InChI is InChI=1S/C12H16N2O2/c13-6-10-7-14(12(15)16)8-11(10)9-4-2-1-3-5-9/h1-5,10-11H,6-8,13H2,(H,15,16). The summed E-state index contributed by atoms with van der Waals surface area (Å²) in [6.45, 7) is 1.63. The molecule has 0 aliphatic carbocycles. The Bertz CT molecular complexity index is 367. The molecule has 1 heterocycles. The maximum absolute atomic E-state index is 10.9. The Kier molecular flexibility index (Phi) is 3.10. The quantitative estimate of drug-likeness (QED) is 0.790. The Morgan fingerprint density at radius 3 is 2.62 bits per heavy atom. The second kappa shape index (κ2) is 4.53. The van der Waals surface area contributed by atoms with E-state index in [2.05, 4.69) is 0 Å². The summed E-state index contributed by atoms with van der Waals surface area (Å²) < 4.78 is 0. The highest BCUT2D eigenvalue weighted by Gasteiger charge is 2.34. The summed E-state index contributed by atoms with van der Waals surface area (Å²) in [4.78, 5) is 12.4. The summed E-state index contributed by atoms with van der Waals surface area (Å²) in [7, 11) is 0. The molecule has 3 N–H and O–H groups in total. The van der Waals surface area contributed by atoms with Gasteiger partial charge in [0.25, 0.3) is 0 Å². The van der Waals surface area contributed by atoms with Crippen LogP contribution < -0.4 is 5.73 Å². The maximum atomic E-state index is 10.9. The van der Waals surface area contributed by atoms with Crippen molar-refractivity contribution in [1.29, 1.82) is 0 Å². The normalized spacial score (nSPS) is 24.7. The lowest BCUT2D eigenvalue weighted by Crippen LogP contribution is -2.27. The van der Waals surface area contributed by atoms with Crippen molar-refractivity contribution >= 4 is 6.09 Å². The maximum Gasteiger partial charge on any atom is 0.407 e. The van der Waals surface area contributed by atoms with Gasteiger partial charge < -0.3 is 15.7 Å². The van der Waals surface area contributed by atoms with Gasteiger partial charge in [-0.25, -0.2) is 4.79 Å². The smallest absolute Gasteiger partial charge is 0.407 e. The number of likely N-dealkylation sites (tertiary alicyclic amines) is 1. The van der Waals surface area contributed by atoms with Crippen molar-refractivity contribution in [3.8, 4) is 0 Å². The molecule has 1 aromatic rings. The minimum Gasteiger partial charge on any atom is -0.465 e. The van der Waals surface area contributed by atoms with Crippen molar-refractivity contribution in [2.45, 2.75) is 5.92 Å². The molecule has 0 saturated carbocycles. The average molecular weight is 220 g/mol. The van der Waals surface area contributed by atoms with Crippen molar-refractivity contribution in [1.82, 2.24) is 4.90 Å². The Labute approximate surface area is 94.7 Å². The van der Waals surface area contributed by atoms with E-state index in [0.29, 0.717) is 19.6 Å². The fraction of sp³-hybridized carbons (Fsp3) is 0.417. The van der Waals surface area contributed by atoms with Gasteiger partial charge >= 0.3 is 6.09 Å². The molecule has 86 valence electrons. The fourth-order valence-electron chi connectivity index (χ4n) is 2.34. The molecular formula is C12H16N2O2. The number of nitrogens with zero attached hydrogens (tertiary/aromatic N) is 1. The minimum absolute atomic E-state index is 0.235. The molecule has 2 unspecified atom stereocenters. The van der Waals surface area contributed by atoms with Crippen LogP contribution in [0, 0.1) is 5.92 Å². The molecule has 2 atom stereocenters. The molecule has 0 radical (unpaired) electrons. The topological polar surface area (TPSA) is 66.6 Å². The molecule has 1 aliphatic heterocycles. The number of carboxylic acid groups (broad SMARTS) is 1. The van der Waals surface area contributed by atoms with Crippen molar-refractivity contribution in [2.24, 2.45) is 11.7 Å². The van der Waals surface area contributed by atoms with Crippen LogP contribution in [0.5, 0.6) is 0 Å². The molecule has 0 aromatic heterocycles. The largest absolute Gasteiger partial charge is 0.465 e. The first-order valence-corrected chi connectivity index (χ1v) is 5.45. The number of carbonyl (C=O) groups is 1. The molecule has 1 fully saturated rings. The first-order chi connectivity index (χ1) is 7.72. The lowest BCUT2D eigenvalue weighted by atomic mass is 9.89. The van der Waals surface area contributed by atoms with Gasteiger partial charge in [-0.1, -0.05) is 30.3 Å². The van der Waals surface area contributed by atoms with Crippen LogP contribution in [0.2, 0.25) is 0 Å². The van der Waals surface area contributed by atoms with E-state index < -0.39 is 6.09 Å². The molecule has 1 aliphatic rings. The van der Waals surface area contributed by atoms with Crippen molar-refractivity contribution in [2.75, 3.05) is 19.6 Å². The van der Waals surface area contributed by atoms with Gasteiger partial charge in [0.2, 0.25) is 0 Å². The van der Waals surface area contributed by atoms with Crippen LogP contribution in [-0.4, -0.2) is 35.7 Å². The van der Waals surface area contributed by atoms with E-state index in [1.165, 1.54) is 10.5 Å². The number of hydrogen-bond donors (Lipinski definition) is 2. The van der Waals surface area contributed by atoms with Crippen LogP contribution in [0.25, 0.3) is 0 Å². The number of nitrogens with two attached hydrogens (primary N) is 1. The molecule has 2 rings (SSSR count). The summed E-state index contributed by atoms with van der Waals surface area (Å²) in [6, 6.07) is 10.0. The van der Waals surface area contributed by atoms with Gasteiger partial charge in [-0.15, -0.1) is 0 Å². The number of rotatable bonds is 2. The monoisotopic (exact) mass is 220 g/mol. The zero-order valence-electron chi connectivity index (χ0n) is 9.04. The van der Waals surface area contributed by atoms with E-state index in [9.17, 15) is 4.79 Å². The molecule has 16 heavy (non-hydrogen) atoms. The highest BCUT2D eigenvalue weighted by molar-refractivity contribution is 5.65. The SMILES string of the molecule is NCC1CN(C(=O)O)CC1c1ccccc1. The third-order valence-electron chi connectivity index (χ3n) is 3.24. The van der Waals surface area contributed by atoms with Gasteiger partial charge in [0.05, 0.1) is 0 Å². The average Bonchev–Trinajstić information content (AvgIpc) is 2.74. The molecule has 4 nitrogen and oxygen atoms in total. The van der Waals surface area contributed by atoms with E-state index in [1.807, 2.05) is 30.3 Å². The molecule has 1 aromatic carbocycles. The van der Waals surface area contributed by atoms with E-state index in [1.54, 1.807) is 0 Å². The van der Waals surface area contributed by atoms with E-state index in [4.69, 9.17) is 10.8 Å². The van der Waals surface area contributed by atoms with Crippen molar-refractivity contribution in [3.63, 3.8) is 0 Å². The summed E-state index contributed by atoms with van der Waals surface area (Å²) in [5.41, 5.74) is 6.89. The second-order valence-electron chi connectivity index (χ2n) is 4.20. The zero-order valence-corrected chi connectivity index (χ0v) is 9.04. The third-order valence-corrected chi connectivity index (χ3v) is 3.24. The van der Waals surface area contributed by atoms with E-state index in [0.717, 1.165) is 0 Å². The predicted octanol–water partition coefficient (Wildman–Crippen LogP) is 1.34. The highest BCUT2D eigenvalue weighted by atomic mass is 16.4. The Morgan fingerprint density at radius 1 is 1.38 bits per heavy atom. The van der Waals surface area contributed by atoms with Crippen LogP contribution >= 0.6 is 0 Å². The Morgan fingerprint density at radius 2 is 2.06 bits per heavy atom. The van der Waals surface area contributed by atoms with Gasteiger partial charge in [-0.3, -0.25) is 0 Å². The first-order valence-electron chi connectivity index (χ1n) is 5.45. The zero-order chi connectivity index (χ0) is 11.5. The van der Waals surface area contributed by atoms with Crippen LogP contribution in [0.15, 0.2) is 30.3 Å². The van der Waals surface area contributed by atoms with Crippen molar-refractivity contribution < 1.29 is 9.90 Å². The molecule has 0 bridgehead atoms. The van der Waals surface area contributed by atoms with Crippen LogP contribution in [0.1, 0.15) is 11.5 Å². The van der Waals surface area contributed by atoms with Gasteiger partial charge in [-0.05, 0) is 18.0 Å². The molecule has 4 heteroatoms. The lowest BCUT2D eigenvalue weighted by molar-refractivity contribution is 0.154. The number of hydrogen-bond acceptors (Lipinski definition) is 2. The summed E-state index contributed by atoms with van der Waals surface area (Å²) in [5, 5.41) is 8.98. The van der Waals surface area contributed by atoms with E-state index >= 15 is 0 Å². The lowest BCUT2D eigenvalue weighted by Gasteiger charge is -2.16. The van der Waals surface area contributed by atoms with Gasteiger partial charge in [0, 0.05) is 19.0 Å². The van der Waals surface area contributed by atoms with Crippen LogP contribution in [0.4, 0.5) is 4.79 Å². The minimum atomic E-state index is -0.850. The van der Waals surface area contributed by atoms with Crippen LogP contribution in [-0.2, 0) is 0 Å². The van der Waals surface area contributed by atoms with Crippen molar-refractivity contribution in [3.05, 3.63) is 35.9 Å².